The Bertz CT molecular complexity index is 141. The van der Waals surface area contributed by atoms with Crippen LogP contribution in [-0.2, 0) is 0 Å². The molecule has 0 aliphatic carbocycles. The second-order valence-electron chi connectivity index (χ2n) is 5.49. The van der Waals surface area contributed by atoms with Gasteiger partial charge in [0.25, 0.3) is 0 Å². The van der Waals surface area contributed by atoms with Gasteiger partial charge in [0, 0.05) is 0 Å². The first-order valence-electron chi connectivity index (χ1n) is 6.09. The maximum Gasteiger partial charge on any atom is 0.193 e. The van der Waals surface area contributed by atoms with Gasteiger partial charge in [-0.1, -0.05) is 60.3 Å². The minimum Gasteiger partial charge on any atom is -0.431 e. The molecule has 0 saturated carbocycles. The van der Waals surface area contributed by atoms with Crippen molar-refractivity contribution in [2.24, 2.45) is 0 Å². The molecule has 14 heavy (non-hydrogen) atoms. The monoisotopic (exact) mass is 216 g/mol. The summed E-state index contributed by atoms with van der Waals surface area (Å²) in [5, 5.41) is 0.150. The summed E-state index contributed by atoms with van der Waals surface area (Å²) in [5.74, 6) is 0. The second kappa shape index (κ2) is 5.91. The summed E-state index contributed by atoms with van der Waals surface area (Å²) in [6.07, 6.45) is 4.81. The fourth-order valence-corrected chi connectivity index (χ4v) is 5.44. The number of hydrogen-bond acceptors (Lipinski definition) is 1. The summed E-state index contributed by atoms with van der Waals surface area (Å²) in [7, 11) is -1.99. The fraction of sp³-hybridized carbons (Fsp3) is 1.00. The highest BCUT2D eigenvalue weighted by Gasteiger charge is 2.41. The molecule has 0 rings (SSSR count). The molecule has 0 aliphatic heterocycles. The summed E-state index contributed by atoms with van der Waals surface area (Å²) in [5.41, 5.74) is 0. The van der Waals surface area contributed by atoms with Crippen LogP contribution in [0.5, 0.6) is 0 Å². The van der Waals surface area contributed by atoms with Gasteiger partial charge in [-0.3, -0.25) is 0 Å². The first kappa shape index (κ1) is 14.2. The molecule has 0 aromatic carbocycles. The van der Waals surface area contributed by atoms with Crippen molar-refractivity contribution in [2.75, 3.05) is 0 Å². The minimum atomic E-state index is -1.99. The predicted molar refractivity (Wildman–Crippen MR) is 67.1 cm³/mol. The Hall–Kier alpha value is 0.177. The van der Waals surface area contributed by atoms with Gasteiger partial charge in [0.1, 0.15) is 0 Å². The highest BCUT2D eigenvalue weighted by molar-refractivity contribution is 6.75. The largest absolute Gasteiger partial charge is 0.431 e. The third kappa shape index (κ3) is 4.14. The summed E-state index contributed by atoms with van der Waals surface area (Å²) < 4.78 is 0. The topological polar surface area (TPSA) is 20.2 Å². The van der Waals surface area contributed by atoms with E-state index in [9.17, 15) is 4.80 Å². The van der Waals surface area contributed by atoms with Gasteiger partial charge in [-0.25, -0.2) is 0 Å². The van der Waals surface area contributed by atoms with Gasteiger partial charge in [-0.15, -0.1) is 0 Å². The average molecular weight is 216 g/mol. The summed E-state index contributed by atoms with van der Waals surface area (Å²) >= 11 is 0. The lowest BCUT2D eigenvalue weighted by atomic mass is 10.2. The molecule has 1 N–H and O–H groups in total. The number of hydrogen-bond donors (Lipinski definition) is 1. The lowest BCUT2D eigenvalue weighted by molar-refractivity contribution is 0.454. The van der Waals surface area contributed by atoms with E-state index >= 15 is 0 Å². The van der Waals surface area contributed by atoms with Crippen LogP contribution in [0.4, 0.5) is 0 Å². The molecule has 0 aliphatic rings. The smallest absolute Gasteiger partial charge is 0.193 e. The molecular weight excluding hydrogens is 188 g/mol. The summed E-state index contributed by atoms with van der Waals surface area (Å²) in [6, 6.07) is 2.18. The van der Waals surface area contributed by atoms with Crippen molar-refractivity contribution in [1.82, 2.24) is 0 Å². The Morgan fingerprint density at radius 2 is 1.29 bits per heavy atom. The van der Waals surface area contributed by atoms with E-state index in [0.717, 1.165) is 12.1 Å². The third-order valence-electron chi connectivity index (χ3n) is 3.28. The lowest BCUT2D eigenvalue weighted by Crippen LogP contribution is -2.43. The molecule has 0 aromatic rings. The van der Waals surface area contributed by atoms with E-state index in [1.165, 1.54) is 25.7 Å². The molecule has 0 amide bonds. The maximum absolute atomic E-state index is 10.7. The molecule has 0 aromatic heterocycles. The molecular formula is C12H28OSi. The van der Waals surface area contributed by atoms with Gasteiger partial charge in [0.2, 0.25) is 0 Å². The van der Waals surface area contributed by atoms with Gasteiger partial charge in [-0.05, 0) is 17.1 Å². The van der Waals surface area contributed by atoms with Gasteiger partial charge < -0.3 is 4.80 Å². The third-order valence-corrected chi connectivity index (χ3v) is 8.44. The quantitative estimate of drug-likeness (QED) is 0.655. The van der Waals surface area contributed by atoms with Crippen molar-refractivity contribution in [3.8, 4) is 0 Å². The van der Waals surface area contributed by atoms with E-state index < -0.39 is 8.32 Å². The van der Waals surface area contributed by atoms with Crippen LogP contribution in [0.2, 0.25) is 17.1 Å². The Morgan fingerprint density at radius 1 is 0.929 bits per heavy atom. The molecule has 0 bridgehead atoms. The van der Waals surface area contributed by atoms with Gasteiger partial charge in [-0.2, -0.15) is 0 Å². The van der Waals surface area contributed by atoms with Crippen LogP contribution in [0.15, 0.2) is 0 Å². The lowest BCUT2D eigenvalue weighted by Gasteiger charge is -2.38. The van der Waals surface area contributed by atoms with Crippen molar-refractivity contribution in [2.45, 2.75) is 77.4 Å². The number of unbranched alkanes of at least 4 members (excludes halogenated alkanes) is 2. The minimum absolute atomic E-state index is 0.150. The average Bonchev–Trinajstić information content (AvgIpc) is 2.09. The fourth-order valence-electron chi connectivity index (χ4n) is 1.81. The van der Waals surface area contributed by atoms with E-state index in [1.54, 1.807) is 0 Å². The van der Waals surface area contributed by atoms with Crippen LogP contribution in [0.1, 0.15) is 60.3 Å². The second-order valence-corrected chi connectivity index (χ2v) is 10.1. The Labute approximate surface area is 91.1 Å². The van der Waals surface area contributed by atoms with E-state index in [2.05, 4.69) is 34.6 Å². The van der Waals surface area contributed by atoms with Crippen molar-refractivity contribution in [3.63, 3.8) is 0 Å². The first-order chi connectivity index (χ1) is 6.37. The SMILES string of the molecule is CCCC[Si](O)(CCCC)C(C)(C)C. The van der Waals surface area contributed by atoms with Crippen molar-refractivity contribution >= 4 is 8.32 Å². The molecule has 0 radical (unpaired) electrons. The van der Waals surface area contributed by atoms with Gasteiger partial charge in [0.15, 0.2) is 8.32 Å². The number of rotatable bonds is 6. The molecule has 0 atom stereocenters. The normalized spacial score (nSPS) is 13.3. The Morgan fingerprint density at radius 3 is 1.50 bits per heavy atom. The van der Waals surface area contributed by atoms with Crippen LogP contribution in [0.3, 0.4) is 0 Å². The van der Waals surface area contributed by atoms with E-state index in [4.69, 9.17) is 0 Å². The zero-order chi connectivity index (χ0) is 11.2. The van der Waals surface area contributed by atoms with E-state index in [1.807, 2.05) is 0 Å². The van der Waals surface area contributed by atoms with Crippen molar-refractivity contribution in [1.29, 1.82) is 0 Å². The molecule has 86 valence electrons. The highest BCUT2D eigenvalue weighted by atomic mass is 28.4. The summed E-state index contributed by atoms with van der Waals surface area (Å²) in [6.45, 7) is 11.0. The Balaban J connectivity index is 4.33. The van der Waals surface area contributed by atoms with Crippen LogP contribution >= 0.6 is 0 Å². The molecule has 0 fully saturated rings. The van der Waals surface area contributed by atoms with Crippen LogP contribution in [0.25, 0.3) is 0 Å². The Kier molecular flexibility index (Phi) is 5.99. The molecule has 1 nitrogen and oxygen atoms in total. The molecule has 2 heteroatoms. The van der Waals surface area contributed by atoms with Gasteiger partial charge in [0.05, 0.1) is 0 Å². The van der Waals surface area contributed by atoms with Crippen LogP contribution in [-0.4, -0.2) is 13.1 Å². The zero-order valence-electron chi connectivity index (χ0n) is 10.7. The van der Waals surface area contributed by atoms with Gasteiger partial charge >= 0.3 is 0 Å². The van der Waals surface area contributed by atoms with Crippen molar-refractivity contribution in [3.05, 3.63) is 0 Å². The highest BCUT2D eigenvalue weighted by Crippen LogP contribution is 2.41. The maximum atomic E-state index is 10.7. The van der Waals surface area contributed by atoms with E-state index in [0.29, 0.717) is 0 Å². The molecule has 0 unspecified atom stereocenters. The first-order valence-corrected chi connectivity index (χ1v) is 8.46. The standard InChI is InChI=1S/C12H28OSi/c1-6-8-10-14(13,11-9-7-2)12(3,4)5/h13H,6-11H2,1-5H3. The zero-order valence-corrected chi connectivity index (χ0v) is 11.7. The van der Waals surface area contributed by atoms with E-state index in [-0.39, 0.29) is 5.04 Å². The predicted octanol–water partition coefficient (Wildman–Crippen LogP) is 4.32. The van der Waals surface area contributed by atoms with Crippen LogP contribution in [0, 0.1) is 0 Å². The molecule has 0 saturated heterocycles. The molecule has 0 heterocycles. The van der Waals surface area contributed by atoms with Crippen molar-refractivity contribution < 1.29 is 4.80 Å². The molecule has 0 spiro atoms. The summed E-state index contributed by atoms with van der Waals surface area (Å²) in [4.78, 5) is 10.7. The van der Waals surface area contributed by atoms with Crippen LogP contribution < -0.4 is 0 Å².